The van der Waals surface area contributed by atoms with Gasteiger partial charge in [0.25, 0.3) is 0 Å². The van der Waals surface area contributed by atoms with Gasteiger partial charge in [-0.05, 0) is 12.5 Å². The number of alkyl halides is 1. The highest BCUT2D eigenvalue weighted by Gasteiger charge is 2.53. The number of hydrogen-bond acceptors (Lipinski definition) is 2. The first-order valence-electron chi connectivity index (χ1n) is 5.83. The van der Waals surface area contributed by atoms with Gasteiger partial charge in [0, 0.05) is 28.0 Å². The fourth-order valence-corrected chi connectivity index (χ4v) is 3.40. The molecule has 1 amide bonds. The lowest BCUT2D eigenvalue weighted by Crippen LogP contribution is -2.49. The predicted molar refractivity (Wildman–Crippen MR) is 72.8 cm³/mol. The van der Waals surface area contributed by atoms with Gasteiger partial charge in [0.15, 0.2) is 5.67 Å². The van der Waals surface area contributed by atoms with Crippen LogP contribution in [0.3, 0.4) is 0 Å². The van der Waals surface area contributed by atoms with Crippen LogP contribution in [0.5, 0.6) is 0 Å². The highest BCUT2D eigenvalue weighted by Crippen LogP contribution is 2.53. The summed E-state index contributed by atoms with van der Waals surface area (Å²) in [5.41, 5.74) is 3.04. The third-order valence-corrected chi connectivity index (χ3v) is 4.25. The molecule has 0 saturated heterocycles. The molecule has 0 heterocycles. The van der Waals surface area contributed by atoms with Gasteiger partial charge in [-0.2, -0.15) is 0 Å². The molecule has 2 unspecified atom stereocenters. The summed E-state index contributed by atoms with van der Waals surface area (Å²) in [5, 5.41) is 9.12. The lowest BCUT2D eigenvalue weighted by atomic mass is 9.65. The number of nitrogens with two attached hydrogens (primary N) is 1. The van der Waals surface area contributed by atoms with E-state index in [0.717, 1.165) is 0 Å². The fraction of sp³-hybridized carbons (Fsp3) is 0.615. The molecule has 0 spiro atoms. The van der Waals surface area contributed by atoms with Crippen molar-refractivity contribution < 1.29 is 14.3 Å². The van der Waals surface area contributed by atoms with Crippen LogP contribution in [0, 0.1) is 11.3 Å². The zero-order valence-electron chi connectivity index (χ0n) is 10.8. The molecule has 0 radical (unpaired) electrons. The first-order chi connectivity index (χ1) is 8.16. The molecule has 102 valence electrons. The van der Waals surface area contributed by atoms with E-state index in [1.54, 1.807) is 20.8 Å². The third-order valence-electron chi connectivity index (χ3n) is 3.41. The molecule has 0 aliphatic heterocycles. The summed E-state index contributed by atoms with van der Waals surface area (Å²) >= 11 is 3.24. The van der Waals surface area contributed by atoms with Gasteiger partial charge in [-0.15, -0.1) is 0 Å². The quantitative estimate of drug-likeness (QED) is 0.839. The van der Waals surface area contributed by atoms with E-state index in [-0.39, 0.29) is 18.6 Å². The van der Waals surface area contributed by atoms with Crippen LogP contribution in [0.1, 0.15) is 27.2 Å². The van der Waals surface area contributed by atoms with Gasteiger partial charge in [0.05, 0.1) is 0 Å². The van der Waals surface area contributed by atoms with Gasteiger partial charge in [0.1, 0.15) is 0 Å². The smallest absolute Gasteiger partial charge is 0.245 e. The van der Waals surface area contributed by atoms with E-state index in [0.29, 0.717) is 4.48 Å². The number of rotatable bonds is 3. The Kier molecular flexibility index (Phi) is 4.38. The predicted octanol–water partition coefficient (Wildman–Crippen LogP) is 2.44. The second-order valence-corrected chi connectivity index (χ2v) is 6.38. The number of carbonyl (C=O) groups excluding carboxylic acids is 1. The maximum absolute atomic E-state index is 15.5. The van der Waals surface area contributed by atoms with Crippen molar-refractivity contribution in [1.29, 1.82) is 0 Å². The average molecular weight is 320 g/mol. The number of aliphatic hydroxyl groups is 1. The van der Waals surface area contributed by atoms with E-state index in [9.17, 15) is 4.79 Å². The largest absolute Gasteiger partial charge is 0.396 e. The number of halogens is 2. The Labute approximate surface area is 115 Å². The molecule has 0 aromatic carbocycles. The van der Waals surface area contributed by atoms with Gasteiger partial charge in [-0.3, -0.25) is 4.79 Å². The molecule has 0 bridgehead atoms. The summed E-state index contributed by atoms with van der Waals surface area (Å²) in [4.78, 5) is 11.4. The van der Waals surface area contributed by atoms with Crippen molar-refractivity contribution >= 4 is 21.8 Å². The molecule has 1 rings (SSSR count). The number of aliphatic hydroxyl groups excluding tert-OH is 1. The van der Waals surface area contributed by atoms with Crippen LogP contribution in [0.25, 0.3) is 0 Å². The third kappa shape index (κ3) is 2.38. The molecule has 0 fully saturated rings. The lowest BCUT2D eigenvalue weighted by molar-refractivity contribution is -0.116. The highest BCUT2D eigenvalue weighted by atomic mass is 79.9. The second-order valence-electron chi connectivity index (χ2n) is 5.53. The molecule has 3 N–H and O–H groups in total. The van der Waals surface area contributed by atoms with E-state index >= 15 is 4.39 Å². The minimum Gasteiger partial charge on any atom is -0.396 e. The van der Waals surface area contributed by atoms with Crippen molar-refractivity contribution in [3.8, 4) is 0 Å². The molecule has 18 heavy (non-hydrogen) atoms. The Bertz CT molecular complexity index is 412. The number of amides is 1. The molecule has 1 aliphatic rings. The normalized spacial score (nSPS) is 28.7. The summed E-state index contributed by atoms with van der Waals surface area (Å²) in [6.07, 6.45) is 3.21. The van der Waals surface area contributed by atoms with Gasteiger partial charge < -0.3 is 10.8 Å². The van der Waals surface area contributed by atoms with Crippen LogP contribution < -0.4 is 5.73 Å². The topological polar surface area (TPSA) is 63.3 Å². The zero-order chi connectivity index (χ0) is 14.1. The lowest BCUT2D eigenvalue weighted by Gasteiger charge is -2.45. The van der Waals surface area contributed by atoms with Crippen molar-refractivity contribution in [3.63, 3.8) is 0 Å². The van der Waals surface area contributed by atoms with Crippen molar-refractivity contribution in [1.82, 2.24) is 0 Å². The van der Waals surface area contributed by atoms with Crippen LogP contribution in [0.15, 0.2) is 22.2 Å². The van der Waals surface area contributed by atoms with Crippen molar-refractivity contribution in [2.75, 3.05) is 6.61 Å². The first kappa shape index (κ1) is 15.4. The summed E-state index contributed by atoms with van der Waals surface area (Å²) in [6.45, 7) is 5.08. The number of hydrogen-bond donors (Lipinski definition) is 2. The molecule has 1 aliphatic carbocycles. The monoisotopic (exact) mass is 319 g/mol. The second kappa shape index (κ2) is 5.13. The van der Waals surface area contributed by atoms with Crippen molar-refractivity contribution in [2.45, 2.75) is 32.9 Å². The molecular formula is C13H19BrFNO2. The Morgan fingerprint density at radius 2 is 2.11 bits per heavy atom. The summed E-state index contributed by atoms with van der Waals surface area (Å²) in [5.74, 6) is -1.38. The maximum Gasteiger partial charge on any atom is 0.245 e. The van der Waals surface area contributed by atoms with Crippen LogP contribution in [0.2, 0.25) is 0 Å². The first-order valence-corrected chi connectivity index (χ1v) is 6.63. The summed E-state index contributed by atoms with van der Waals surface area (Å²) < 4.78 is 15.8. The molecular weight excluding hydrogens is 301 g/mol. The number of allylic oxidation sites excluding steroid dienone is 3. The molecule has 0 aromatic heterocycles. The fourth-order valence-electron chi connectivity index (χ4n) is 2.40. The minimum atomic E-state index is -1.76. The van der Waals surface area contributed by atoms with Gasteiger partial charge >= 0.3 is 0 Å². The minimum absolute atomic E-state index is 0.158. The van der Waals surface area contributed by atoms with Gasteiger partial charge in [0.2, 0.25) is 5.91 Å². The molecule has 3 nitrogen and oxygen atoms in total. The summed E-state index contributed by atoms with van der Waals surface area (Å²) in [6, 6.07) is 0. The van der Waals surface area contributed by atoms with Crippen LogP contribution >= 0.6 is 15.9 Å². The van der Waals surface area contributed by atoms with Crippen LogP contribution in [0.4, 0.5) is 4.39 Å². The Balaban J connectivity index is 3.36. The zero-order valence-corrected chi connectivity index (χ0v) is 12.4. The number of carbonyl (C=O) groups is 1. The summed E-state index contributed by atoms with van der Waals surface area (Å²) in [7, 11) is 0. The Morgan fingerprint density at radius 3 is 2.50 bits per heavy atom. The van der Waals surface area contributed by atoms with Crippen molar-refractivity contribution in [2.24, 2.45) is 17.1 Å². The molecule has 2 atom stereocenters. The van der Waals surface area contributed by atoms with Gasteiger partial charge in [-0.25, -0.2) is 4.39 Å². The van der Waals surface area contributed by atoms with E-state index in [1.165, 1.54) is 12.2 Å². The number of primary amides is 1. The van der Waals surface area contributed by atoms with Crippen molar-refractivity contribution in [3.05, 3.63) is 22.2 Å². The van der Waals surface area contributed by atoms with E-state index in [4.69, 9.17) is 10.8 Å². The average Bonchev–Trinajstić information content (AvgIpc) is 2.23. The maximum atomic E-state index is 15.5. The van der Waals surface area contributed by atoms with E-state index < -0.39 is 22.9 Å². The van der Waals surface area contributed by atoms with E-state index in [1.807, 2.05) is 0 Å². The Morgan fingerprint density at radius 1 is 1.56 bits per heavy atom. The molecule has 0 saturated carbocycles. The standard InChI is InChI=1S/C13H19BrFNO2/c1-12(2,3)13(15)9(6-7-17)8(11(16)18)4-5-10(13)14/h4-5,9,17H,6-7H2,1-3H3,(H2,16,18). The highest BCUT2D eigenvalue weighted by molar-refractivity contribution is 9.11. The van der Waals surface area contributed by atoms with Crippen LogP contribution in [-0.4, -0.2) is 23.3 Å². The van der Waals surface area contributed by atoms with Gasteiger partial charge in [-0.1, -0.05) is 42.8 Å². The SMILES string of the molecule is CC(C)(C)C1(F)C(Br)=CC=C(C(N)=O)C1CCO. The van der Waals surface area contributed by atoms with Crippen LogP contribution in [-0.2, 0) is 4.79 Å². The molecule has 5 heteroatoms. The molecule has 0 aromatic rings. The van der Waals surface area contributed by atoms with E-state index in [2.05, 4.69) is 15.9 Å². The Hall–Kier alpha value is -0.680.